The number of hydrogen-bond acceptors (Lipinski definition) is 1. The summed E-state index contributed by atoms with van der Waals surface area (Å²) >= 11 is 0. The Labute approximate surface area is 153 Å². The van der Waals surface area contributed by atoms with Gasteiger partial charge in [0.25, 0.3) is 0 Å². The van der Waals surface area contributed by atoms with Gasteiger partial charge in [0.05, 0.1) is 6.42 Å². The van der Waals surface area contributed by atoms with Crippen molar-refractivity contribution in [2.45, 2.75) is 45.3 Å². The van der Waals surface area contributed by atoms with Crippen LogP contribution in [0.3, 0.4) is 0 Å². The summed E-state index contributed by atoms with van der Waals surface area (Å²) < 4.78 is 36.3. The lowest BCUT2D eigenvalue weighted by Crippen LogP contribution is -2.38. The summed E-state index contributed by atoms with van der Waals surface area (Å²) in [7, 11) is 1.53. The largest absolute Gasteiger partial charge is 0.390 e. The van der Waals surface area contributed by atoms with Gasteiger partial charge in [0.2, 0.25) is 0 Å². The zero-order valence-corrected chi connectivity index (χ0v) is 16.3. The molecule has 23 heavy (non-hydrogen) atoms. The molecule has 0 fully saturated rings. The van der Waals surface area contributed by atoms with Crippen LogP contribution in [0.15, 0.2) is 29.3 Å². The first-order chi connectivity index (χ1) is 10.1. The standard InChI is InChI=1S/C16H24F3N3.HI/c1-15(2,3)13-7-5-12(6-8-13)11-22-14(20-4)21-10-9-16(17,18)19;/h5-8H,9-11H2,1-4H3,(H2,20,21,22);1H. The number of rotatable bonds is 4. The van der Waals surface area contributed by atoms with Gasteiger partial charge >= 0.3 is 6.18 Å². The first-order valence-electron chi connectivity index (χ1n) is 7.22. The van der Waals surface area contributed by atoms with Crippen molar-refractivity contribution in [2.24, 2.45) is 4.99 Å². The van der Waals surface area contributed by atoms with Crippen LogP contribution in [0.2, 0.25) is 0 Å². The fourth-order valence-electron chi connectivity index (χ4n) is 1.85. The van der Waals surface area contributed by atoms with Crippen molar-refractivity contribution in [1.82, 2.24) is 10.6 Å². The second-order valence-corrected chi connectivity index (χ2v) is 6.16. The molecule has 0 amide bonds. The molecule has 0 aliphatic heterocycles. The van der Waals surface area contributed by atoms with Gasteiger partial charge in [-0.25, -0.2) is 0 Å². The van der Waals surface area contributed by atoms with E-state index in [0.29, 0.717) is 12.5 Å². The van der Waals surface area contributed by atoms with Crippen molar-refractivity contribution in [3.05, 3.63) is 35.4 Å². The number of halogens is 4. The molecule has 2 N–H and O–H groups in total. The summed E-state index contributed by atoms with van der Waals surface area (Å²) in [5, 5.41) is 5.65. The van der Waals surface area contributed by atoms with E-state index in [1.165, 1.54) is 12.6 Å². The third kappa shape index (κ3) is 9.02. The van der Waals surface area contributed by atoms with Crippen LogP contribution in [0.5, 0.6) is 0 Å². The van der Waals surface area contributed by atoms with Crippen molar-refractivity contribution in [3.63, 3.8) is 0 Å². The van der Waals surface area contributed by atoms with Crippen LogP contribution in [-0.2, 0) is 12.0 Å². The van der Waals surface area contributed by atoms with Crippen molar-refractivity contribution in [2.75, 3.05) is 13.6 Å². The summed E-state index contributed by atoms with van der Waals surface area (Å²) in [6, 6.07) is 8.15. The van der Waals surface area contributed by atoms with Crippen LogP contribution >= 0.6 is 24.0 Å². The lowest BCUT2D eigenvalue weighted by atomic mass is 9.87. The summed E-state index contributed by atoms with van der Waals surface area (Å²) in [5.74, 6) is 0.365. The summed E-state index contributed by atoms with van der Waals surface area (Å²) in [5.41, 5.74) is 2.39. The number of nitrogens with one attached hydrogen (secondary N) is 2. The van der Waals surface area contributed by atoms with Crippen LogP contribution in [0, 0.1) is 0 Å². The highest BCUT2D eigenvalue weighted by molar-refractivity contribution is 14.0. The topological polar surface area (TPSA) is 36.4 Å². The van der Waals surface area contributed by atoms with Gasteiger partial charge in [0.1, 0.15) is 0 Å². The number of benzene rings is 1. The summed E-state index contributed by atoms with van der Waals surface area (Å²) in [6.07, 6.45) is -5.04. The molecule has 0 spiro atoms. The van der Waals surface area contributed by atoms with Gasteiger partial charge < -0.3 is 10.6 Å². The highest BCUT2D eigenvalue weighted by atomic mass is 127. The lowest BCUT2D eigenvalue weighted by molar-refractivity contribution is -0.132. The van der Waals surface area contributed by atoms with Crippen LogP contribution in [0.1, 0.15) is 38.3 Å². The van der Waals surface area contributed by atoms with Gasteiger partial charge in [-0.2, -0.15) is 13.2 Å². The Balaban J connectivity index is 0.00000484. The van der Waals surface area contributed by atoms with E-state index in [1.807, 2.05) is 12.1 Å². The molecule has 7 heteroatoms. The molecule has 0 atom stereocenters. The zero-order chi connectivity index (χ0) is 16.8. The van der Waals surface area contributed by atoms with Gasteiger partial charge in [0, 0.05) is 20.1 Å². The lowest BCUT2D eigenvalue weighted by Gasteiger charge is -2.19. The normalized spacial score (nSPS) is 12.6. The average Bonchev–Trinajstić information content (AvgIpc) is 2.41. The Bertz CT molecular complexity index is 491. The molecule has 0 aliphatic rings. The van der Waals surface area contributed by atoms with Gasteiger partial charge in [-0.1, -0.05) is 45.0 Å². The van der Waals surface area contributed by atoms with Gasteiger partial charge in [0.15, 0.2) is 5.96 Å². The van der Waals surface area contributed by atoms with E-state index in [9.17, 15) is 13.2 Å². The monoisotopic (exact) mass is 443 g/mol. The van der Waals surface area contributed by atoms with Crippen molar-refractivity contribution < 1.29 is 13.2 Å². The fourth-order valence-corrected chi connectivity index (χ4v) is 1.85. The maximum atomic E-state index is 12.1. The molecular formula is C16H25F3IN3. The first kappa shape index (κ1) is 22.0. The molecule has 132 valence electrons. The van der Waals surface area contributed by atoms with E-state index in [0.717, 1.165) is 5.56 Å². The summed E-state index contributed by atoms with van der Waals surface area (Å²) in [4.78, 5) is 3.91. The minimum absolute atomic E-state index is 0. The molecule has 0 aromatic heterocycles. The van der Waals surface area contributed by atoms with Gasteiger partial charge in [-0.3, -0.25) is 4.99 Å². The maximum Gasteiger partial charge on any atom is 0.390 e. The second kappa shape index (κ2) is 9.34. The molecule has 0 heterocycles. The SMILES string of the molecule is CN=C(NCCC(F)(F)F)NCc1ccc(C(C)(C)C)cc1.I. The Morgan fingerprint density at radius 1 is 1.04 bits per heavy atom. The molecule has 1 aromatic rings. The smallest absolute Gasteiger partial charge is 0.356 e. The number of hydrogen-bond donors (Lipinski definition) is 2. The van der Waals surface area contributed by atoms with Crippen LogP contribution in [-0.4, -0.2) is 25.7 Å². The number of guanidine groups is 1. The van der Waals surface area contributed by atoms with E-state index in [2.05, 4.69) is 48.5 Å². The van der Waals surface area contributed by atoms with Crippen LogP contribution in [0.4, 0.5) is 13.2 Å². The molecule has 0 radical (unpaired) electrons. The Kier molecular flexibility index (Phi) is 8.94. The van der Waals surface area contributed by atoms with E-state index in [-0.39, 0.29) is 35.9 Å². The van der Waals surface area contributed by atoms with Crippen molar-refractivity contribution in [3.8, 4) is 0 Å². The van der Waals surface area contributed by atoms with Crippen LogP contribution in [0.25, 0.3) is 0 Å². The minimum Gasteiger partial charge on any atom is -0.356 e. The fraction of sp³-hybridized carbons (Fsp3) is 0.562. The average molecular weight is 443 g/mol. The Hall–Kier alpha value is -0.990. The number of alkyl halides is 3. The third-order valence-electron chi connectivity index (χ3n) is 3.20. The van der Waals surface area contributed by atoms with E-state index < -0.39 is 12.6 Å². The molecule has 1 rings (SSSR count). The highest BCUT2D eigenvalue weighted by Gasteiger charge is 2.26. The Morgan fingerprint density at radius 2 is 1.61 bits per heavy atom. The molecular weight excluding hydrogens is 418 g/mol. The molecule has 3 nitrogen and oxygen atoms in total. The summed E-state index contributed by atoms with van der Waals surface area (Å²) in [6.45, 7) is 6.76. The van der Waals surface area contributed by atoms with Gasteiger partial charge in [-0.05, 0) is 16.5 Å². The third-order valence-corrected chi connectivity index (χ3v) is 3.20. The number of nitrogens with zero attached hydrogens (tertiary/aromatic N) is 1. The second-order valence-electron chi connectivity index (χ2n) is 6.16. The first-order valence-corrected chi connectivity index (χ1v) is 7.22. The van der Waals surface area contributed by atoms with E-state index in [1.54, 1.807) is 0 Å². The highest BCUT2D eigenvalue weighted by Crippen LogP contribution is 2.22. The predicted molar refractivity (Wildman–Crippen MR) is 99.4 cm³/mol. The quantitative estimate of drug-likeness (QED) is 0.416. The maximum absolute atomic E-state index is 12.1. The Morgan fingerprint density at radius 3 is 2.04 bits per heavy atom. The van der Waals surface area contributed by atoms with Crippen LogP contribution < -0.4 is 10.6 Å². The molecule has 0 saturated carbocycles. The van der Waals surface area contributed by atoms with Gasteiger partial charge in [-0.15, -0.1) is 24.0 Å². The number of aliphatic imine (C=N–C) groups is 1. The minimum atomic E-state index is -4.16. The molecule has 0 saturated heterocycles. The van der Waals surface area contributed by atoms with E-state index >= 15 is 0 Å². The molecule has 0 bridgehead atoms. The molecule has 0 aliphatic carbocycles. The van der Waals surface area contributed by atoms with Crippen molar-refractivity contribution in [1.29, 1.82) is 0 Å². The zero-order valence-electron chi connectivity index (χ0n) is 13.9. The van der Waals surface area contributed by atoms with Crippen molar-refractivity contribution >= 4 is 29.9 Å². The molecule has 0 unspecified atom stereocenters. The molecule has 1 aromatic carbocycles. The van der Waals surface area contributed by atoms with E-state index in [4.69, 9.17) is 0 Å². The predicted octanol–water partition coefficient (Wildman–Crippen LogP) is 4.22.